The van der Waals surface area contributed by atoms with Crippen molar-refractivity contribution < 1.29 is 4.79 Å². The largest absolute Gasteiger partial charge is 0.350 e. The van der Waals surface area contributed by atoms with Crippen molar-refractivity contribution in [1.29, 1.82) is 0 Å². The molecule has 0 atom stereocenters. The van der Waals surface area contributed by atoms with E-state index in [1.165, 1.54) is 4.68 Å². The number of amides is 1. The highest BCUT2D eigenvalue weighted by Gasteiger charge is 2.16. The molecule has 0 aliphatic heterocycles. The number of carbonyl (C=O) groups is 1. The summed E-state index contributed by atoms with van der Waals surface area (Å²) in [5.41, 5.74) is 2.00. The standard InChI is InChI=1S/C24H20ClN3O2/c25-19-10-6-9-17(15-19)13-14-26-23(29)22-20-11-4-5-12-21(20)24(30)28(27-22)16-18-7-2-1-3-8-18/h1-12,15H,13-14,16H2,(H,26,29). The maximum Gasteiger partial charge on any atom is 0.274 e. The third-order valence-electron chi connectivity index (χ3n) is 4.85. The van der Waals surface area contributed by atoms with E-state index in [1.807, 2.05) is 54.6 Å². The van der Waals surface area contributed by atoms with E-state index < -0.39 is 0 Å². The van der Waals surface area contributed by atoms with Gasteiger partial charge in [-0.2, -0.15) is 5.10 Å². The van der Waals surface area contributed by atoms with Crippen LogP contribution in [0, 0.1) is 0 Å². The number of carbonyl (C=O) groups excluding carboxylic acids is 1. The molecule has 0 bridgehead atoms. The van der Waals surface area contributed by atoms with Crippen LogP contribution in [0.5, 0.6) is 0 Å². The second-order valence-corrected chi connectivity index (χ2v) is 7.41. The highest BCUT2D eigenvalue weighted by molar-refractivity contribution is 6.30. The number of hydrogen-bond acceptors (Lipinski definition) is 3. The maximum atomic E-state index is 12.9. The molecule has 0 aliphatic rings. The van der Waals surface area contributed by atoms with Crippen LogP contribution < -0.4 is 10.9 Å². The summed E-state index contributed by atoms with van der Waals surface area (Å²) in [4.78, 5) is 25.8. The van der Waals surface area contributed by atoms with Gasteiger partial charge in [-0.1, -0.05) is 72.3 Å². The van der Waals surface area contributed by atoms with Crippen molar-refractivity contribution in [3.63, 3.8) is 0 Å². The summed E-state index contributed by atoms with van der Waals surface area (Å²) in [7, 11) is 0. The topological polar surface area (TPSA) is 64.0 Å². The first-order valence-corrected chi connectivity index (χ1v) is 10.1. The van der Waals surface area contributed by atoms with Crippen molar-refractivity contribution in [2.45, 2.75) is 13.0 Å². The fourth-order valence-electron chi connectivity index (χ4n) is 3.36. The summed E-state index contributed by atoms with van der Waals surface area (Å²) in [6.45, 7) is 0.736. The van der Waals surface area contributed by atoms with Gasteiger partial charge in [-0.15, -0.1) is 0 Å². The lowest BCUT2D eigenvalue weighted by atomic mass is 10.1. The molecule has 0 saturated heterocycles. The molecule has 0 saturated carbocycles. The number of aromatic nitrogens is 2. The molecule has 150 valence electrons. The number of benzene rings is 3. The summed E-state index contributed by atoms with van der Waals surface area (Å²) in [5.74, 6) is -0.310. The third kappa shape index (κ3) is 4.42. The molecule has 1 amide bonds. The Balaban J connectivity index is 1.61. The predicted molar refractivity (Wildman–Crippen MR) is 119 cm³/mol. The molecule has 0 radical (unpaired) electrons. The second-order valence-electron chi connectivity index (χ2n) is 6.98. The lowest BCUT2D eigenvalue weighted by molar-refractivity contribution is 0.0948. The Labute approximate surface area is 178 Å². The number of fused-ring (bicyclic) bond motifs is 1. The third-order valence-corrected chi connectivity index (χ3v) is 5.08. The summed E-state index contributed by atoms with van der Waals surface area (Å²) >= 11 is 6.02. The first kappa shape index (κ1) is 19.9. The molecule has 0 spiro atoms. The van der Waals surface area contributed by atoms with Gasteiger partial charge in [-0.05, 0) is 35.7 Å². The monoisotopic (exact) mass is 417 g/mol. The van der Waals surface area contributed by atoms with E-state index in [-0.39, 0.29) is 17.2 Å². The molecule has 1 heterocycles. The molecule has 3 aromatic carbocycles. The lowest BCUT2D eigenvalue weighted by Gasteiger charge is -2.11. The number of rotatable bonds is 6. The first-order valence-electron chi connectivity index (χ1n) is 9.68. The Bertz CT molecular complexity index is 1250. The van der Waals surface area contributed by atoms with E-state index in [1.54, 1.807) is 24.3 Å². The molecule has 0 fully saturated rings. The summed E-state index contributed by atoms with van der Waals surface area (Å²) in [6, 6.07) is 24.2. The van der Waals surface area contributed by atoms with Gasteiger partial charge in [0.2, 0.25) is 0 Å². The first-order chi connectivity index (χ1) is 14.6. The highest BCUT2D eigenvalue weighted by atomic mass is 35.5. The van der Waals surface area contributed by atoms with Gasteiger partial charge in [-0.25, -0.2) is 4.68 Å². The predicted octanol–water partition coefficient (Wildman–Crippen LogP) is 4.07. The molecule has 4 rings (SSSR count). The molecule has 0 aliphatic carbocycles. The number of nitrogens with zero attached hydrogens (tertiary/aromatic N) is 2. The van der Waals surface area contributed by atoms with Crippen LogP contribution in [0.1, 0.15) is 21.6 Å². The molecular formula is C24H20ClN3O2. The van der Waals surface area contributed by atoms with Gasteiger partial charge in [-0.3, -0.25) is 9.59 Å². The van der Waals surface area contributed by atoms with Crippen LogP contribution in [0.4, 0.5) is 0 Å². The van der Waals surface area contributed by atoms with Crippen LogP contribution in [0.25, 0.3) is 10.8 Å². The summed E-state index contributed by atoms with van der Waals surface area (Å²) in [5, 5.41) is 9.01. The van der Waals surface area contributed by atoms with Gasteiger partial charge < -0.3 is 5.32 Å². The lowest BCUT2D eigenvalue weighted by Crippen LogP contribution is -2.32. The zero-order valence-electron chi connectivity index (χ0n) is 16.2. The Morgan fingerprint density at radius 1 is 0.900 bits per heavy atom. The average molecular weight is 418 g/mol. The van der Waals surface area contributed by atoms with E-state index in [0.29, 0.717) is 35.3 Å². The van der Waals surface area contributed by atoms with Crippen LogP contribution in [0.15, 0.2) is 83.7 Å². The molecule has 4 aromatic rings. The van der Waals surface area contributed by atoms with Gasteiger partial charge in [0, 0.05) is 17.0 Å². The molecule has 5 nitrogen and oxygen atoms in total. The van der Waals surface area contributed by atoms with Crippen molar-refractivity contribution in [3.05, 3.63) is 111 Å². The van der Waals surface area contributed by atoms with Crippen LogP contribution >= 0.6 is 11.6 Å². The van der Waals surface area contributed by atoms with E-state index >= 15 is 0 Å². The fourth-order valence-corrected chi connectivity index (χ4v) is 3.58. The van der Waals surface area contributed by atoms with E-state index in [4.69, 9.17) is 11.6 Å². The Kier molecular flexibility index (Phi) is 5.91. The van der Waals surface area contributed by atoms with Crippen molar-refractivity contribution >= 4 is 28.3 Å². The van der Waals surface area contributed by atoms with Gasteiger partial charge >= 0.3 is 0 Å². The molecule has 0 unspecified atom stereocenters. The van der Waals surface area contributed by atoms with Crippen LogP contribution in [-0.2, 0) is 13.0 Å². The normalized spacial score (nSPS) is 10.8. The molecular weight excluding hydrogens is 398 g/mol. The van der Waals surface area contributed by atoms with Crippen LogP contribution in [0.2, 0.25) is 5.02 Å². The van der Waals surface area contributed by atoms with Gasteiger partial charge in [0.1, 0.15) is 0 Å². The highest BCUT2D eigenvalue weighted by Crippen LogP contribution is 2.14. The molecule has 1 N–H and O–H groups in total. The summed E-state index contributed by atoms with van der Waals surface area (Å²) < 4.78 is 1.35. The molecule has 30 heavy (non-hydrogen) atoms. The van der Waals surface area contributed by atoms with E-state index in [0.717, 1.165) is 11.1 Å². The number of halogens is 1. The minimum atomic E-state index is -0.310. The summed E-state index contributed by atoms with van der Waals surface area (Å²) in [6.07, 6.45) is 0.647. The van der Waals surface area contributed by atoms with Gasteiger partial charge in [0.05, 0.1) is 11.9 Å². The minimum Gasteiger partial charge on any atom is -0.350 e. The van der Waals surface area contributed by atoms with Crippen molar-refractivity contribution in [1.82, 2.24) is 15.1 Å². The number of hydrogen-bond donors (Lipinski definition) is 1. The quantitative estimate of drug-likeness (QED) is 0.514. The minimum absolute atomic E-state index is 0.218. The molecule has 1 aromatic heterocycles. The van der Waals surface area contributed by atoms with E-state index in [9.17, 15) is 9.59 Å². The van der Waals surface area contributed by atoms with Crippen molar-refractivity contribution in [3.8, 4) is 0 Å². The van der Waals surface area contributed by atoms with E-state index in [2.05, 4.69) is 10.4 Å². The van der Waals surface area contributed by atoms with Gasteiger partial charge in [0.25, 0.3) is 11.5 Å². The Morgan fingerprint density at radius 3 is 2.37 bits per heavy atom. The zero-order chi connectivity index (χ0) is 20.9. The Hall–Kier alpha value is -3.44. The number of nitrogens with one attached hydrogen (secondary N) is 1. The smallest absolute Gasteiger partial charge is 0.274 e. The van der Waals surface area contributed by atoms with Crippen LogP contribution in [-0.4, -0.2) is 22.2 Å². The van der Waals surface area contributed by atoms with Crippen LogP contribution in [0.3, 0.4) is 0 Å². The van der Waals surface area contributed by atoms with Crippen molar-refractivity contribution in [2.75, 3.05) is 6.54 Å². The van der Waals surface area contributed by atoms with Gasteiger partial charge in [0.15, 0.2) is 5.69 Å². The maximum absolute atomic E-state index is 12.9. The SMILES string of the molecule is O=C(NCCc1cccc(Cl)c1)c1nn(Cc2ccccc2)c(=O)c2ccccc12. The zero-order valence-corrected chi connectivity index (χ0v) is 17.0. The molecule has 6 heteroatoms. The second kappa shape index (κ2) is 8.93. The average Bonchev–Trinajstić information content (AvgIpc) is 2.76. The van der Waals surface area contributed by atoms with Crippen molar-refractivity contribution in [2.24, 2.45) is 0 Å². The fraction of sp³-hybridized carbons (Fsp3) is 0.125. The Morgan fingerprint density at radius 2 is 1.60 bits per heavy atom.